The molecule has 0 aromatic heterocycles. The van der Waals surface area contributed by atoms with Crippen molar-refractivity contribution in [3.05, 3.63) is 71.3 Å². The summed E-state index contributed by atoms with van der Waals surface area (Å²) in [4.78, 5) is 24.9. The summed E-state index contributed by atoms with van der Waals surface area (Å²) in [5.74, 6) is -1.25. The highest BCUT2D eigenvalue weighted by Gasteiger charge is 2.26. The Morgan fingerprint density at radius 2 is 1.54 bits per heavy atom. The zero-order valence-electron chi connectivity index (χ0n) is 15.3. The van der Waals surface area contributed by atoms with Gasteiger partial charge >= 0.3 is 5.97 Å². The first-order valence-electron chi connectivity index (χ1n) is 9.49. The van der Waals surface area contributed by atoms with Crippen LogP contribution in [0.15, 0.2) is 54.6 Å². The van der Waals surface area contributed by atoms with Gasteiger partial charge in [0.15, 0.2) is 0 Å². The number of Topliss-reactive ketones (excluding diaryl/α,β-unsaturated/α-hetero) is 1. The van der Waals surface area contributed by atoms with E-state index >= 15 is 0 Å². The van der Waals surface area contributed by atoms with Crippen LogP contribution in [0.2, 0.25) is 0 Å². The molecular formula is C23H26O3. The number of esters is 1. The molecule has 2 aromatic rings. The van der Waals surface area contributed by atoms with E-state index < -0.39 is 11.8 Å². The predicted octanol–water partition coefficient (Wildman–Crippen LogP) is 4.96. The van der Waals surface area contributed by atoms with Crippen molar-refractivity contribution in [1.82, 2.24) is 0 Å². The number of rotatable bonds is 6. The van der Waals surface area contributed by atoms with Gasteiger partial charge in [-0.05, 0) is 43.7 Å². The molecule has 1 aliphatic carbocycles. The van der Waals surface area contributed by atoms with E-state index in [4.69, 9.17) is 4.74 Å². The van der Waals surface area contributed by atoms with Crippen LogP contribution < -0.4 is 0 Å². The number of carbonyl (C=O) groups excluding carboxylic acids is 2. The van der Waals surface area contributed by atoms with Crippen LogP contribution in [-0.4, -0.2) is 17.9 Å². The van der Waals surface area contributed by atoms with Crippen LogP contribution in [0, 0.1) is 6.92 Å². The molecule has 136 valence electrons. The van der Waals surface area contributed by atoms with Crippen molar-refractivity contribution < 1.29 is 14.3 Å². The van der Waals surface area contributed by atoms with Crippen molar-refractivity contribution >= 4 is 11.8 Å². The first-order valence-corrected chi connectivity index (χ1v) is 9.49. The second-order valence-corrected chi connectivity index (χ2v) is 7.17. The second-order valence-electron chi connectivity index (χ2n) is 7.17. The number of ether oxygens (including phenoxy) is 1. The molecule has 1 atom stereocenters. The van der Waals surface area contributed by atoms with Gasteiger partial charge in [0, 0.05) is 12.3 Å². The monoisotopic (exact) mass is 350 g/mol. The highest BCUT2D eigenvalue weighted by Crippen LogP contribution is 2.29. The van der Waals surface area contributed by atoms with E-state index in [0.717, 1.165) is 36.8 Å². The van der Waals surface area contributed by atoms with Gasteiger partial charge in [-0.15, -0.1) is 0 Å². The topological polar surface area (TPSA) is 43.4 Å². The maximum atomic E-state index is 12.6. The number of hydrogen-bond acceptors (Lipinski definition) is 3. The van der Waals surface area contributed by atoms with Gasteiger partial charge in [-0.3, -0.25) is 4.79 Å². The molecular weight excluding hydrogens is 324 g/mol. The van der Waals surface area contributed by atoms with Crippen molar-refractivity contribution in [1.29, 1.82) is 0 Å². The Labute approximate surface area is 155 Å². The van der Waals surface area contributed by atoms with Gasteiger partial charge in [0.2, 0.25) is 5.78 Å². The Morgan fingerprint density at radius 1 is 0.923 bits per heavy atom. The van der Waals surface area contributed by atoms with Gasteiger partial charge in [0.1, 0.15) is 6.10 Å². The lowest BCUT2D eigenvalue weighted by molar-refractivity contribution is -0.159. The molecule has 0 bridgehead atoms. The van der Waals surface area contributed by atoms with E-state index in [1.807, 2.05) is 61.5 Å². The molecule has 0 saturated heterocycles. The van der Waals surface area contributed by atoms with Crippen LogP contribution in [-0.2, 0) is 14.3 Å². The Hall–Kier alpha value is -2.42. The molecule has 3 rings (SSSR count). The third-order valence-corrected chi connectivity index (χ3v) is 5.12. The van der Waals surface area contributed by atoms with E-state index in [1.165, 1.54) is 12.0 Å². The Balaban J connectivity index is 1.73. The van der Waals surface area contributed by atoms with Crippen LogP contribution in [0.4, 0.5) is 0 Å². The normalized spacial score (nSPS) is 16.0. The summed E-state index contributed by atoms with van der Waals surface area (Å²) in [7, 11) is 0. The maximum absolute atomic E-state index is 12.6. The summed E-state index contributed by atoms with van der Waals surface area (Å²) in [5.41, 5.74) is 3.25. The predicted molar refractivity (Wildman–Crippen MR) is 102 cm³/mol. The summed E-state index contributed by atoms with van der Waals surface area (Å²) < 4.78 is 5.46. The summed E-state index contributed by atoms with van der Waals surface area (Å²) in [6, 6.07) is 18.0. The first-order chi connectivity index (χ1) is 12.6. The zero-order valence-corrected chi connectivity index (χ0v) is 15.3. The van der Waals surface area contributed by atoms with Crippen molar-refractivity contribution in [3.63, 3.8) is 0 Å². The summed E-state index contributed by atoms with van der Waals surface area (Å²) >= 11 is 0. The van der Waals surface area contributed by atoms with E-state index in [2.05, 4.69) is 0 Å². The zero-order chi connectivity index (χ0) is 18.4. The van der Waals surface area contributed by atoms with E-state index in [-0.39, 0.29) is 18.4 Å². The molecule has 2 aromatic carbocycles. The summed E-state index contributed by atoms with van der Waals surface area (Å²) in [5, 5.41) is 0. The molecule has 26 heavy (non-hydrogen) atoms. The van der Waals surface area contributed by atoms with Gasteiger partial charge < -0.3 is 4.74 Å². The molecule has 0 spiro atoms. The SMILES string of the molecule is Cc1ccc(C(CC(=O)C(=O)OC2CCCCC2)c2ccccc2)cc1. The summed E-state index contributed by atoms with van der Waals surface area (Å²) in [6.45, 7) is 2.04. The molecule has 3 nitrogen and oxygen atoms in total. The van der Waals surface area contributed by atoms with Crippen molar-refractivity contribution in [2.45, 2.75) is 57.5 Å². The molecule has 0 amide bonds. The highest BCUT2D eigenvalue weighted by molar-refractivity contribution is 6.33. The fourth-order valence-electron chi connectivity index (χ4n) is 3.58. The fourth-order valence-corrected chi connectivity index (χ4v) is 3.58. The highest BCUT2D eigenvalue weighted by atomic mass is 16.5. The fraction of sp³-hybridized carbons (Fsp3) is 0.391. The Bertz CT molecular complexity index is 728. The third-order valence-electron chi connectivity index (χ3n) is 5.12. The lowest BCUT2D eigenvalue weighted by Crippen LogP contribution is -2.27. The number of hydrogen-bond donors (Lipinski definition) is 0. The average molecular weight is 350 g/mol. The lowest BCUT2D eigenvalue weighted by atomic mass is 9.87. The van der Waals surface area contributed by atoms with Gasteiger partial charge in [-0.1, -0.05) is 66.6 Å². The van der Waals surface area contributed by atoms with Crippen LogP contribution in [0.3, 0.4) is 0 Å². The van der Waals surface area contributed by atoms with Crippen LogP contribution in [0.1, 0.15) is 61.1 Å². The number of aryl methyl sites for hydroxylation is 1. The minimum atomic E-state index is -0.676. The molecule has 1 unspecified atom stereocenters. The lowest BCUT2D eigenvalue weighted by Gasteiger charge is -2.22. The molecule has 3 heteroatoms. The average Bonchev–Trinajstić information content (AvgIpc) is 2.68. The Kier molecular flexibility index (Phi) is 6.21. The van der Waals surface area contributed by atoms with Gasteiger partial charge in [-0.25, -0.2) is 4.79 Å². The molecule has 1 fully saturated rings. The Morgan fingerprint density at radius 3 is 2.19 bits per heavy atom. The van der Waals surface area contributed by atoms with Crippen LogP contribution in [0.25, 0.3) is 0 Å². The van der Waals surface area contributed by atoms with E-state index in [9.17, 15) is 9.59 Å². The van der Waals surface area contributed by atoms with Gasteiger partial charge in [0.05, 0.1) is 0 Å². The molecule has 0 heterocycles. The minimum Gasteiger partial charge on any atom is -0.457 e. The van der Waals surface area contributed by atoms with Crippen LogP contribution >= 0.6 is 0 Å². The smallest absolute Gasteiger partial charge is 0.374 e. The molecule has 1 aliphatic rings. The maximum Gasteiger partial charge on any atom is 0.374 e. The molecule has 0 aliphatic heterocycles. The molecule has 0 radical (unpaired) electrons. The van der Waals surface area contributed by atoms with Gasteiger partial charge in [0.25, 0.3) is 0 Å². The number of carbonyl (C=O) groups is 2. The summed E-state index contributed by atoms with van der Waals surface area (Å²) in [6.07, 6.45) is 5.13. The third kappa shape index (κ3) is 4.81. The van der Waals surface area contributed by atoms with Crippen molar-refractivity contribution in [2.75, 3.05) is 0 Å². The van der Waals surface area contributed by atoms with E-state index in [1.54, 1.807) is 0 Å². The van der Waals surface area contributed by atoms with E-state index in [0.29, 0.717) is 0 Å². The number of ketones is 1. The molecule has 0 N–H and O–H groups in total. The largest absolute Gasteiger partial charge is 0.457 e. The first kappa shape index (κ1) is 18.4. The standard InChI is InChI=1S/C23H26O3/c1-17-12-14-19(15-13-17)21(18-8-4-2-5-9-18)16-22(24)23(25)26-20-10-6-3-7-11-20/h2,4-5,8-9,12-15,20-21H,3,6-7,10-11,16H2,1H3. The van der Waals surface area contributed by atoms with Gasteiger partial charge in [-0.2, -0.15) is 0 Å². The second kappa shape index (κ2) is 8.79. The minimum absolute atomic E-state index is 0.0882. The number of benzene rings is 2. The van der Waals surface area contributed by atoms with Crippen molar-refractivity contribution in [3.8, 4) is 0 Å². The van der Waals surface area contributed by atoms with Crippen molar-refractivity contribution in [2.24, 2.45) is 0 Å². The quantitative estimate of drug-likeness (QED) is 0.546. The molecule has 1 saturated carbocycles. The van der Waals surface area contributed by atoms with Crippen LogP contribution in [0.5, 0.6) is 0 Å².